The van der Waals surface area contributed by atoms with Crippen LogP contribution in [0.5, 0.6) is 5.75 Å². The molecular weight excluding hydrogens is 376 g/mol. The summed E-state index contributed by atoms with van der Waals surface area (Å²) in [5.41, 5.74) is 7.81. The summed E-state index contributed by atoms with van der Waals surface area (Å²) >= 11 is 11.2. The van der Waals surface area contributed by atoms with E-state index in [1.807, 2.05) is 13.0 Å². The topological polar surface area (TPSA) is 73.9 Å². The largest absolute Gasteiger partial charge is 0.496 e. The van der Waals surface area contributed by atoms with Crippen LogP contribution >= 0.6 is 38.9 Å². The molecule has 2 aromatic heterocycles. The maximum absolute atomic E-state index is 6.34. The fraction of sp³-hybridized carbons (Fsp3) is 0.154. The third kappa shape index (κ3) is 2.56. The Kier molecular flexibility index (Phi) is 3.73. The van der Waals surface area contributed by atoms with E-state index in [1.54, 1.807) is 13.2 Å². The Bertz CT molecular complexity index is 852. The maximum atomic E-state index is 6.34. The average Bonchev–Trinajstić information content (AvgIpc) is 2.78. The minimum absolute atomic E-state index is 0.194. The monoisotopic (exact) mass is 384 g/mol. The molecule has 0 fully saturated rings. The highest BCUT2D eigenvalue weighted by molar-refractivity contribution is 9.10. The zero-order valence-corrected chi connectivity index (χ0v) is 14.3. The van der Waals surface area contributed by atoms with E-state index in [1.165, 1.54) is 11.3 Å². The van der Waals surface area contributed by atoms with Gasteiger partial charge in [-0.05, 0) is 35.0 Å². The van der Waals surface area contributed by atoms with Crippen LogP contribution in [-0.2, 0) is 0 Å². The predicted molar refractivity (Wildman–Crippen MR) is 89.1 cm³/mol. The number of hydrogen-bond acceptors (Lipinski definition) is 6. The summed E-state index contributed by atoms with van der Waals surface area (Å²) in [6.07, 6.45) is 0. The van der Waals surface area contributed by atoms with Gasteiger partial charge in [0.25, 0.3) is 0 Å². The number of nitrogen functional groups attached to an aromatic ring is 1. The summed E-state index contributed by atoms with van der Waals surface area (Å²) in [5, 5.41) is 1.43. The second-order valence-electron chi connectivity index (χ2n) is 4.28. The van der Waals surface area contributed by atoms with Gasteiger partial charge in [0.2, 0.25) is 5.95 Å². The lowest BCUT2D eigenvalue weighted by atomic mass is 10.1. The number of fused-ring (bicyclic) bond motifs is 1. The van der Waals surface area contributed by atoms with E-state index in [2.05, 4.69) is 30.9 Å². The summed E-state index contributed by atoms with van der Waals surface area (Å²) in [6.45, 7) is 1.91. The fourth-order valence-corrected chi connectivity index (χ4v) is 3.68. The van der Waals surface area contributed by atoms with Crippen molar-refractivity contribution in [2.75, 3.05) is 12.8 Å². The molecule has 0 radical (unpaired) electrons. The Morgan fingerprint density at radius 2 is 2.05 bits per heavy atom. The molecule has 21 heavy (non-hydrogen) atoms. The van der Waals surface area contributed by atoms with Crippen LogP contribution in [0.1, 0.15) is 5.01 Å². The van der Waals surface area contributed by atoms with Gasteiger partial charge in [0.05, 0.1) is 21.6 Å². The zero-order valence-electron chi connectivity index (χ0n) is 11.1. The van der Waals surface area contributed by atoms with E-state index in [0.717, 1.165) is 14.3 Å². The number of thiazole rings is 1. The molecule has 0 aliphatic heterocycles. The normalized spacial score (nSPS) is 11.0. The van der Waals surface area contributed by atoms with Crippen molar-refractivity contribution in [3.63, 3.8) is 0 Å². The van der Waals surface area contributed by atoms with Crippen molar-refractivity contribution < 1.29 is 4.74 Å². The lowest BCUT2D eigenvalue weighted by molar-refractivity contribution is 0.412. The maximum Gasteiger partial charge on any atom is 0.222 e. The van der Waals surface area contributed by atoms with Crippen LogP contribution in [0, 0.1) is 6.92 Å². The standard InChI is InChI=1S/C13H10BrClN4OS/c1-5-17-11-10(18-13(16)19-12(11)21-5)6-3-9(20-2)7(14)4-8(6)15/h3-4H,1-2H3,(H2,16,18,19). The fourth-order valence-electron chi connectivity index (χ4n) is 2.00. The number of nitrogens with two attached hydrogens (primary N) is 1. The van der Waals surface area contributed by atoms with E-state index < -0.39 is 0 Å². The number of nitrogens with zero attached hydrogens (tertiary/aromatic N) is 3. The Morgan fingerprint density at radius 1 is 1.29 bits per heavy atom. The summed E-state index contributed by atoms with van der Waals surface area (Å²) in [6, 6.07) is 3.57. The van der Waals surface area contributed by atoms with Crippen LogP contribution in [0.3, 0.4) is 0 Å². The molecule has 0 aliphatic rings. The molecule has 0 spiro atoms. The van der Waals surface area contributed by atoms with Crippen LogP contribution < -0.4 is 10.5 Å². The first-order valence-corrected chi connectivity index (χ1v) is 7.92. The van der Waals surface area contributed by atoms with Crippen LogP contribution in [0.15, 0.2) is 16.6 Å². The summed E-state index contributed by atoms with van der Waals surface area (Å²) in [5.74, 6) is 0.853. The first-order valence-electron chi connectivity index (χ1n) is 5.93. The molecule has 5 nitrogen and oxygen atoms in total. The molecule has 0 unspecified atom stereocenters. The van der Waals surface area contributed by atoms with Crippen LogP contribution in [-0.4, -0.2) is 22.1 Å². The van der Waals surface area contributed by atoms with E-state index in [-0.39, 0.29) is 5.95 Å². The van der Waals surface area contributed by atoms with Crippen LogP contribution in [0.25, 0.3) is 21.6 Å². The molecule has 0 saturated carbocycles. The van der Waals surface area contributed by atoms with Gasteiger partial charge in [-0.15, -0.1) is 0 Å². The van der Waals surface area contributed by atoms with Crippen molar-refractivity contribution >= 4 is 55.2 Å². The predicted octanol–water partition coefficient (Wildman–Crippen LogP) is 4.07. The molecule has 3 rings (SSSR count). The molecule has 8 heteroatoms. The van der Waals surface area contributed by atoms with Crippen molar-refractivity contribution in [1.82, 2.24) is 15.0 Å². The molecule has 0 aliphatic carbocycles. The number of ether oxygens (including phenoxy) is 1. The summed E-state index contributed by atoms with van der Waals surface area (Å²) in [7, 11) is 1.59. The third-order valence-electron chi connectivity index (χ3n) is 2.88. The molecule has 0 atom stereocenters. The number of anilines is 1. The van der Waals surface area contributed by atoms with Crippen molar-refractivity contribution in [1.29, 1.82) is 0 Å². The van der Waals surface area contributed by atoms with Crippen LogP contribution in [0.2, 0.25) is 5.02 Å². The Labute approximate surface area is 138 Å². The van der Waals surface area contributed by atoms with Gasteiger partial charge in [-0.3, -0.25) is 0 Å². The molecule has 0 bridgehead atoms. The Hall–Kier alpha value is -1.44. The smallest absolute Gasteiger partial charge is 0.222 e. The van der Waals surface area contributed by atoms with Gasteiger partial charge in [-0.2, -0.15) is 0 Å². The van der Waals surface area contributed by atoms with Crippen molar-refractivity contribution in [2.45, 2.75) is 6.92 Å². The first kappa shape index (κ1) is 14.5. The number of rotatable bonds is 2. The number of aromatic nitrogens is 3. The molecule has 2 heterocycles. The minimum Gasteiger partial charge on any atom is -0.496 e. The van der Waals surface area contributed by atoms with Crippen molar-refractivity contribution in [2.24, 2.45) is 0 Å². The number of hydrogen-bond donors (Lipinski definition) is 1. The van der Waals surface area contributed by atoms with Gasteiger partial charge in [-0.25, -0.2) is 15.0 Å². The Balaban J connectivity index is 2.34. The lowest BCUT2D eigenvalue weighted by Crippen LogP contribution is -1.98. The molecule has 3 aromatic rings. The number of benzene rings is 1. The number of methoxy groups -OCH3 is 1. The molecule has 0 saturated heterocycles. The average molecular weight is 386 g/mol. The summed E-state index contributed by atoms with van der Waals surface area (Å²) in [4.78, 5) is 13.7. The molecule has 1 aromatic carbocycles. The van der Waals surface area contributed by atoms with Gasteiger partial charge in [0.1, 0.15) is 21.8 Å². The van der Waals surface area contributed by atoms with Gasteiger partial charge in [0, 0.05) is 5.56 Å². The number of aryl methyl sites for hydroxylation is 1. The molecular formula is C13H10BrClN4OS. The van der Waals surface area contributed by atoms with Gasteiger partial charge in [-0.1, -0.05) is 22.9 Å². The molecule has 0 amide bonds. The third-order valence-corrected chi connectivity index (χ3v) is 4.68. The van der Waals surface area contributed by atoms with E-state index in [0.29, 0.717) is 27.5 Å². The van der Waals surface area contributed by atoms with E-state index in [9.17, 15) is 0 Å². The Morgan fingerprint density at radius 3 is 2.76 bits per heavy atom. The second kappa shape index (κ2) is 5.40. The highest BCUT2D eigenvalue weighted by Gasteiger charge is 2.17. The lowest BCUT2D eigenvalue weighted by Gasteiger charge is -2.09. The quantitative estimate of drug-likeness (QED) is 0.720. The molecule has 2 N–H and O–H groups in total. The zero-order chi connectivity index (χ0) is 15.1. The second-order valence-corrected chi connectivity index (χ2v) is 6.73. The highest BCUT2D eigenvalue weighted by atomic mass is 79.9. The molecule has 108 valence electrons. The van der Waals surface area contributed by atoms with E-state index >= 15 is 0 Å². The number of halogens is 2. The summed E-state index contributed by atoms with van der Waals surface area (Å²) < 4.78 is 6.08. The SMILES string of the molecule is COc1cc(-c2nc(N)nc3sc(C)nc23)c(Cl)cc1Br. The van der Waals surface area contributed by atoms with Gasteiger partial charge < -0.3 is 10.5 Å². The first-order chi connectivity index (χ1) is 9.99. The van der Waals surface area contributed by atoms with Crippen molar-refractivity contribution in [3.05, 3.63) is 26.6 Å². The van der Waals surface area contributed by atoms with E-state index in [4.69, 9.17) is 22.1 Å². The minimum atomic E-state index is 0.194. The van der Waals surface area contributed by atoms with Gasteiger partial charge >= 0.3 is 0 Å². The van der Waals surface area contributed by atoms with Crippen molar-refractivity contribution in [3.8, 4) is 17.0 Å². The van der Waals surface area contributed by atoms with Gasteiger partial charge in [0.15, 0.2) is 0 Å². The highest BCUT2D eigenvalue weighted by Crippen LogP contribution is 2.39. The van der Waals surface area contributed by atoms with Crippen LogP contribution in [0.4, 0.5) is 5.95 Å².